The second-order valence-corrected chi connectivity index (χ2v) is 6.90. The van der Waals surface area contributed by atoms with Crippen molar-refractivity contribution in [1.29, 1.82) is 0 Å². The number of hydrogen-bond donors (Lipinski definition) is 2. The van der Waals surface area contributed by atoms with E-state index in [9.17, 15) is 4.79 Å². The van der Waals surface area contributed by atoms with Gasteiger partial charge in [0.1, 0.15) is 0 Å². The first-order valence-electron chi connectivity index (χ1n) is 9.03. The largest absolute Gasteiger partial charge is 0.325 e. The van der Waals surface area contributed by atoms with E-state index >= 15 is 0 Å². The summed E-state index contributed by atoms with van der Waals surface area (Å²) in [5, 5.41) is 6.95. The van der Waals surface area contributed by atoms with Crippen LogP contribution in [0.5, 0.6) is 0 Å². The fourth-order valence-electron chi connectivity index (χ4n) is 2.99. The second kappa shape index (κ2) is 9.36. The SMILES string of the molecule is C[C@@H](NCC(=O)Nc1ccccc1Cc1ccccc1)c1ccccc1Cl. The van der Waals surface area contributed by atoms with Crippen LogP contribution in [-0.4, -0.2) is 12.5 Å². The number of anilines is 1. The molecule has 0 saturated carbocycles. The number of rotatable bonds is 7. The van der Waals surface area contributed by atoms with Crippen LogP contribution in [0.15, 0.2) is 78.9 Å². The Kier molecular flexibility index (Phi) is 6.64. The molecule has 3 nitrogen and oxygen atoms in total. The molecule has 138 valence electrons. The van der Waals surface area contributed by atoms with E-state index < -0.39 is 0 Å². The van der Waals surface area contributed by atoms with Crippen LogP contribution in [0.3, 0.4) is 0 Å². The Morgan fingerprint density at radius 3 is 2.37 bits per heavy atom. The van der Waals surface area contributed by atoms with Crippen LogP contribution in [0.25, 0.3) is 0 Å². The van der Waals surface area contributed by atoms with Gasteiger partial charge in [-0.15, -0.1) is 0 Å². The Hall–Kier alpha value is -2.62. The van der Waals surface area contributed by atoms with Crippen molar-refractivity contribution in [3.8, 4) is 0 Å². The maximum atomic E-state index is 12.4. The minimum atomic E-state index is -0.0746. The van der Waals surface area contributed by atoms with Gasteiger partial charge < -0.3 is 10.6 Å². The molecule has 27 heavy (non-hydrogen) atoms. The number of benzene rings is 3. The Labute approximate surface area is 165 Å². The Morgan fingerprint density at radius 1 is 0.926 bits per heavy atom. The van der Waals surface area contributed by atoms with Crippen LogP contribution >= 0.6 is 11.6 Å². The van der Waals surface area contributed by atoms with E-state index in [1.165, 1.54) is 5.56 Å². The third-order valence-electron chi connectivity index (χ3n) is 4.47. The molecule has 0 aliphatic heterocycles. The molecule has 4 heteroatoms. The Bertz CT molecular complexity index is 896. The van der Waals surface area contributed by atoms with E-state index in [2.05, 4.69) is 22.8 Å². The van der Waals surface area contributed by atoms with Crippen LogP contribution in [0.2, 0.25) is 5.02 Å². The predicted octanol–water partition coefficient (Wildman–Crippen LogP) is 5.22. The zero-order valence-corrected chi connectivity index (χ0v) is 16.0. The van der Waals surface area contributed by atoms with E-state index in [0.717, 1.165) is 23.2 Å². The van der Waals surface area contributed by atoms with E-state index in [4.69, 9.17) is 11.6 Å². The van der Waals surface area contributed by atoms with E-state index in [-0.39, 0.29) is 18.5 Å². The number of hydrogen-bond acceptors (Lipinski definition) is 2. The number of para-hydroxylation sites is 1. The number of amides is 1. The lowest BCUT2D eigenvalue weighted by Crippen LogP contribution is -2.30. The summed E-state index contributed by atoms with van der Waals surface area (Å²) in [7, 11) is 0. The van der Waals surface area contributed by atoms with Gasteiger partial charge in [0.05, 0.1) is 6.54 Å². The first-order valence-corrected chi connectivity index (χ1v) is 9.41. The standard InChI is InChI=1S/C23H23ClN2O/c1-17(20-12-6-7-13-21(20)24)25-16-23(27)26-22-14-8-5-11-19(22)15-18-9-3-2-4-10-18/h2-14,17,25H,15-16H2,1H3,(H,26,27)/t17-/m1/s1. The van der Waals surface area contributed by atoms with Crippen molar-refractivity contribution in [1.82, 2.24) is 5.32 Å². The molecular weight excluding hydrogens is 356 g/mol. The molecular formula is C23H23ClN2O. The van der Waals surface area contributed by atoms with E-state index in [0.29, 0.717) is 5.02 Å². The Balaban J connectivity index is 1.60. The third kappa shape index (κ3) is 5.43. The molecule has 0 spiro atoms. The van der Waals surface area contributed by atoms with Gasteiger partial charge in [0, 0.05) is 16.8 Å². The molecule has 0 bridgehead atoms. The molecule has 0 unspecified atom stereocenters. The maximum Gasteiger partial charge on any atom is 0.238 e. The molecule has 0 heterocycles. The molecule has 3 aromatic carbocycles. The zero-order valence-electron chi connectivity index (χ0n) is 15.3. The second-order valence-electron chi connectivity index (χ2n) is 6.49. The van der Waals surface area contributed by atoms with E-state index in [1.807, 2.05) is 73.7 Å². The third-order valence-corrected chi connectivity index (χ3v) is 4.81. The van der Waals surface area contributed by atoms with E-state index in [1.54, 1.807) is 0 Å². The summed E-state index contributed by atoms with van der Waals surface area (Å²) in [6, 6.07) is 25.8. The van der Waals surface area contributed by atoms with Gasteiger partial charge in [-0.05, 0) is 42.2 Å². The highest BCUT2D eigenvalue weighted by molar-refractivity contribution is 6.31. The minimum Gasteiger partial charge on any atom is -0.325 e. The summed E-state index contributed by atoms with van der Waals surface area (Å²) in [6.45, 7) is 2.21. The molecule has 3 rings (SSSR count). The van der Waals surface area contributed by atoms with Crippen molar-refractivity contribution < 1.29 is 4.79 Å². The molecule has 0 aliphatic carbocycles. The first-order chi connectivity index (χ1) is 13.1. The molecule has 3 aromatic rings. The summed E-state index contributed by atoms with van der Waals surface area (Å²) in [5.74, 6) is -0.0746. The Morgan fingerprint density at radius 2 is 1.59 bits per heavy atom. The average Bonchev–Trinajstić information content (AvgIpc) is 2.69. The molecule has 1 atom stereocenters. The van der Waals surface area contributed by atoms with Crippen LogP contribution in [0, 0.1) is 0 Å². The lowest BCUT2D eigenvalue weighted by atomic mass is 10.0. The van der Waals surface area contributed by atoms with Crippen molar-refractivity contribution >= 4 is 23.2 Å². The molecule has 0 fully saturated rings. The fourth-order valence-corrected chi connectivity index (χ4v) is 3.29. The van der Waals surface area contributed by atoms with Gasteiger partial charge in [0.2, 0.25) is 5.91 Å². The number of halogens is 1. The highest BCUT2D eigenvalue weighted by Gasteiger charge is 2.12. The predicted molar refractivity (Wildman–Crippen MR) is 112 cm³/mol. The molecule has 0 radical (unpaired) electrons. The topological polar surface area (TPSA) is 41.1 Å². The smallest absolute Gasteiger partial charge is 0.238 e. The van der Waals surface area contributed by atoms with Crippen LogP contribution in [0.4, 0.5) is 5.69 Å². The summed E-state index contributed by atoms with van der Waals surface area (Å²) in [4.78, 5) is 12.4. The highest BCUT2D eigenvalue weighted by atomic mass is 35.5. The van der Waals surface area contributed by atoms with Crippen molar-refractivity contribution in [2.75, 3.05) is 11.9 Å². The molecule has 1 amide bonds. The quantitative estimate of drug-likeness (QED) is 0.591. The highest BCUT2D eigenvalue weighted by Crippen LogP contribution is 2.22. The average molecular weight is 379 g/mol. The van der Waals surface area contributed by atoms with Crippen LogP contribution in [-0.2, 0) is 11.2 Å². The summed E-state index contributed by atoms with van der Waals surface area (Å²) in [5.41, 5.74) is 4.14. The summed E-state index contributed by atoms with van der Waals surface area (Å²) >= 11 is 6.22. The van der Waals surface area contributed by atoms with Crippen LogP contribution < -0.4 is 10.6 Å². The van der Waals surface area contributed by atoms with Gasteiger partial charge in [-0.1, -0.05) is 78.3 Å². The van der Waals surface area contributed by atoms with Gasteiger partial charge in [0.15, 0.2) is 0 Å². The lowest BCUT2D eigenvalue weighted by molar-refractivity contribution is -0.115. The zero-order chi connectivity index (χ0) is 19.1. The van der Waals surface area contributed by atoms with Gasteiger partial charge >= 0.3 is 0 Å². The number of carbonyl (C=O) groups is 1. The number of carbonyl (C=O) groups excluding carboxylic acids is 1. The lowest BCUT2D eigenvalue weighted by Gasteiger charge is -2.16. The normalized spacial score (nSPS) is 11.8. The minimum absolute atomic E-state index is 0.0102. The first kappa shape index (κ1) is 19.2. The van der Waals surface area contributed by atoms with Crippen molar-refractivity contribution in [3.63, 3.8) is 0 Å². The van der Waals surface area contributed by atoms with Crippen molar-refractivity contribution in [2.24, 2.45) is 0 Å². The monoisotopic (exact) mass is 378 g/mol. The maximum absolute atomic E-state index is 12.4. The van der Waals surface area contributed by atoms with Gasteiger partial charge in [0.25, 0.3) is 0 Å². The fraction of sp³-hybridized carbons (Fsp3) is 0.174. The molecule has 0 saturated heterocycles. The number of nitrogens with one attached hydrogen (secondary N) is 2. The summed E-state index contributed by atoms with van der Waals surface area (Å²) < 4.78 is 0. The van der Waals surface area contributed by atoms with Crippen molar-refractivity contribution in [2.45, 2.75) is 19.4 Å². The van der Waals surface area contributed by atoms with Crippen LogP contribution in [0.1, 0.15) is 29.7 Å². The molecule has 2 N–H and O–H groups in total. The summed E-state index contributed by atoms with van der Waals surface area (Å²) in [6.07, 6.45) is 0.779. The van der Waals surface area contributed by atoms with Crippen molar-refractivity contribution in [3.05, 3.63) is 101 Å². The molecule has 0 aromatic heterocycles. The molecule has 0 aliphatic rings. The van der Waals surface area contributed by atoms with Gasteiger partial charge in [-0.25, -0.2) is 0 Å². The van der Waals surface area contributed by atoms with Gasteiger partial charge in [-0.2, -0.15) is 0 Å². The van der Waals surface area contributed by atoms with Gasteiger partial charge in [-0.3, -0.25) is 4.79 Å².